The molecule has 2 aliphatic rings. The third kappa shape index (κ3) is 1.81. The monoisotopic (exact) mass is 229 g/mol. The normalized spacial score (nSPS) is 22.5. The van der Waals surface area contributed by atoms with Crippen LogP contribution in [0.4, 0.5) is 0 Å². The summed E-state index contributed by atoms with van der Waals surface area (Å²) >= 11 is 0. The van der Waals surface area contributed by atoms with Crippen LogP contribution in [-0.2, 0) is 18.4 Å². The van der Waals surface area contributed by atoms with Gasteiger partial charge in [-0.25, -0.2) is 0 Å². The van der Waals surface area contributed by atoms with Gasteiger partial charge in [0.05, 0.1) is 0 Å². The van der Waals surface area contributed by atoms with Gasteiger partial charge in [0.2, 0.25) is 0 Å². The van der Waals surface area contributed by atoms with Crippen molar-refractivity contribution in [1.29, 1.82) is 0 Å². The maximum Gasteiger partial charge on any atom is 0.0412 e. The van der Waals surface area contributed by atoms with E-state index >= 15 is 0 Å². The summed E-state index contributed by atoms with van der Waals surface area (Å²) in [5, 5.41) is 0. The van der Waals surface area contributed by atoms with Gasteiger partial charge in [0.15, 0.2) is 0 Å². The molecule has 0 heterocycles. The zero-order valence-corrected chi connectivity index (χ0v) is 10.9. The van der Waals surface area contributed by atoms with Gasteiger partial charge in [-0.15, -0.1) is 0 Å². The zero-order valence-electron chi connectivity index (χ0n) is 10.9. The third-order valence-corrected chi connectivity index (χ3v) is 4.80. The fraction of sp³-hybridized carbons (Fsp3) is 0.625. The molecule has 1 nitrogen and oxygen atoms in total. The Balaban J connectivity index is 2.06. The van der Waals surface area contributed by atoms with Crippen LogP contribution in [0.25, 0.3) is 0 Å². The maximum absolute atomic E-state index is 6.70. The van der Waals surface area contributed by atoms with E-state index in [-0.39, 0.29) is 5.54 Å². The Morgan fingerprint density at radius 1 is 0.941 bits per heavy atom. The molecule has 0 radical (unpaired) electrons. The summed E-state index contributed by atoms with van der Waals surface area (Å²) in [7, 11) is 0. The van der Waals surface area contributed by atoms with Crippen molar-refractivity contribution in [2.24, 2.45) is 5.73 Å². The Labute approximate surface area is 104 Å². The number of rotatable bonds is 1. The van der Waals surface area contributed by atoms with E-state index in [1.165, 1.54) is 62.5 Å². The van der Waals surface area contributed by atoms with Crippen LogP contribution < -0.4 is 5.73 Å². The molecule has 2 aliphatic carbocycles. The highest BCUT2D eigenvalue weighted by molar-refractivity contribution is 5.46. The first-order valence-corrected chi connectivity index (χ1v) is 7.11. The molecule has 0 saturated heterocycles. The number of nitrogens with two attached hydrogens (primary N) is 1. The number of fused-ring (bicyclic) bond motifs is 1. The van der Waals surface area contributed by atoms with Crippen LogP contribution in [0.2, 0.25) is 0 Å². The Morgan fingerprint density at radius 2 is 1.65 bits per heavy atom. The van der Waals surface area contributed by atoms with E-state index in [1.807, 2.05) is 0 Å². The molecule has 0 atom stereocenters. The summed E-state index contributed by atoms with van der Waals surface area (Å²) in [6.07, 6.45) is 10.2. The highest BCUT2D eigenvalue weighted by Crippen LogP contribution is 2.40. The van der Waals surface area contributed by atoms with Gasteiger partial charge < -0.3 is 5.73 Å². The molecule has 0 unspecified atom stereocenters. The SMILES string of the molecule is Cc1ccc(C2(N)CCCCC2)c2c1CCC2. The van der Waals surface area contributed by atoms with Gasteiger partial charge in [-0.2, -0.15) is 0 Å². The molecule has 1 aromatic rings. The molecule has 0 aliphatic heterocycles. The summed E-state index contributed by atoms with van der Waals surface area (Å²) in [6, 6.07) is 4.62. The van der Waals surface area contributed by atoms with Crippen molar-refractivity contribution in [2.45, 2.75) is 63.8 Å². The molecule has 92 valence electrons. The first-order chi connectivity index (χ1) is 8.21. The molecule has 0 bridgehead atoms. The fourth-order valence-electron chi connectivity index (χ4n) is 3.80. The molecule has 0 spiro atoms. The van der Waals surface area contributed by atoms with Crippen molar-refractivity contribution in [1.82, 2.24) is 0 Å². The van der Waals surface area contributed by atoms with E-state index in [2.05, 4.69) is 19.1 Å². The number of benzene rings is 1. The van der Waals surface area contributed by atoms with Crippen LogP contribution in [0.15, 0.2) is 12.1 Å². The average molecular weight is 229 g/mol. The Morgan fingerprint density at radius 3 is 2.41 bits per heavy atom. The van der Waals surface area contributed by atoms with Crippen LogP contribution in [0.3, 0.4) is 0 Å². The van der Waals surface area contributed by atoms with Crippen LogP contribution in [0.1, 0.15) is 60.8 Å². The topological polar surface area (TPSA) is 26.0 Å². The Hall–Kier alpha value is -0.820. The lowest BCUT2D eigenvalue weighted by Crippen LogP contribution is -2.39. The molecule has 17 heavy (non-hydrogen) atoms. The van der Waals surface area contributed by atoms with E-state index < -0.39 is 0 Å². The summed E-state index contributed by atoms with van der Waals surface area (Å²) in [4.78, 5) is 0. The average Bonchev–Trinajstić information content (AvgIpc) is 2.80. The second-order valence-electron chi connectivity index (χ2n) is 5.96. The Bertz CT molecular complexity index is 427. The van der Waals surface area contributed by atoms with E-state index in [1.54, 1.807) is 11.1 Å². The van der Waals surface area contributed by atoms with E-state index in [4.69, 9.17) is 5.73 Å². The highest BCUT2D eigenvalue weighted by Gasteiger charge is 2.33. The molecular formula is C16H23N. The van der Waals surface area contributed by atoms with Gasteiger partial charge in [-0.3, -0.25) is 0 Å². The number of aryl methyl sites for hydroxylation is 1. The second kappa shape index (κ2) is 4.13. The smallest absolute Gasteiger partial charge is 0.0412 e. The molecule has 1 saturated carbocycles. The van der Waals surface area contributed by atoms with Crippen molar-refractivity contribution < 1.29 is 0 Å². The molecular weight excluding hydrogens is 206 g/mol. The third-order valence-electron chi connectivity index (χ3n) is 4.80. The van der Waals surface area contributed by atoms with E-state index in [9.17, 15) is 0 Å². The Kier molecular flexibility index (Phi) is 2.74. The molecule has 1 heteroatoms. The lowest BCUT2D eigenvalue weighted by molar-refractivity contribution is 0.300. The van der Waals surface area contributed by atoms with Crippen molar-refractivity contribution in [3.05, 3.63) is 34.4 Å². The lowest BCUT2D eigenvalue weighted by Gasteiger charge is -2.35. The summed E-state index contributed by atoms with van der Waals surface area (Å²) in [5.74, 6) is 0. The number of hydrogen-bond donors (Lipinski definition) is 1. The number of hydrogen-bond acceptors (Lipinski definition) is 1. The molecule has 2 N–H and O–H groups in total. The molecule has 1 aromatic carbocycles. The van der Waals surface area contributed by atoms with Gasteiger partial charge in [0, 0.05) is 5.54 Å². The summed E-state index contributed by atoms with van der Waals surface area (Å²) < 4.78 is 0. The minimum Gasteiger partial charge on any atom is -0.321 e. The second-order valence-corrected chi connectivity index (χ2v) is 5.96. The van der Waals surface area contributed by atoms with Gasteiger partial charge in [0.25, 0.3) is 0 Å². The quantitative estimate of drug-likeness (QED) is 0.782. The van der Waals surface area contributed by atoms with E-state index in [0.29, 0.717) is 0 Å². The standard InChI is InChI=1S/C16H23N/c1-12-8-9-15(14-7-5-6-13(12)14)16(17)10-3-2-4-11-16/h8-9H,2-7,10-11,17H2,1H3. The molecule has 0 amide bonds. The van der Waals surface area contributed by atoms with E-state index in [0.717, 1.165) is 0 Å². The zero-order chi connectivity index (χ0) is 11.9. The largest absolute Gasteiger partial charge is 0.321 e. The van der Waals surface area contributed by atoms with Crippen LogP contribution in [-0.4, -0.2) is 0 Å². The summed E-state index contributed by atoms with van der Waals surface area (Å²) in [6.45, 7) is 2.25. The van der Waals surface area contributed by atoms with Crippen LogP contribution in [0, 0.1) is 6.92 Å². The first kappa shape index (κ1) is 11.3. The van der Waals surface area contributed by atoms with Crippen molar-refractivity contribution in [3.63, 3.8) is 0 Å². The van der Waals surface area contributed by atoms with Gasteiger partial charge in [-0.05, 0) is 61.3 Å². The van der Waals surface area contributed by atoms with Crippen molar-refractivity contribution >= 4 is 0 Å². The van der Waals surface area contributed by atoms with Gasteiger partial charge in [-0.1, -0.05) is 31.4 Å². The van der Waals surface area contributed by atoms with Crippen molar-refractivity contribution in [3.8, 4) is 0 Å². The van der Waals surface area contributed by atoms with Crippen LogP contribution >= 0.6 is 0 Å². The molecule has 3 rings (SSSR count). The minimum atomic E-state index is -0.0135. The first-order valence-electron chi connectivity index (χ1n) is 7.11. The lowest BCUT2D eigenvalue weighted by atomic mass is 9.75. The molecule has 0 aromatic heterocycles. The fourth-order valence-corrected chi connectivity index (χ4v) is 3.80. The minimum absolute atomic E-state index is 0.0135. The predicted molar refractivity (Wildman–Crippen MR) is 72.2 cm³/mol. The molecule has 1 fully saturated rings. The highest BCUT2D eigenvalue weighted by atomic mass is 14.7. The van der Waals surface area contributed by atoms with Gasteiger partial charge >= 0.3 is 0 Å². The maximum atomic E-state index is 6.70. The summed E-state index contributed by atoms with van der Waals surface area (Å²) in [5.41, 5.74) is 12.9. The van der Waals surface area contributed by atoms with Crippen molar-refractivity contribution in [2.75, 3.05) is 0 Å². The van der Waals surface area contributed by atoms with Crippen LogP contribution in [0.5, 0.6) is 0 Å². The predicted octanol–water partition coefficient (Wildman–Crippen LogP) is 3.60. The van der Waals surface area contributed by atoms with Gasteiger partial charge in [0.1, 0.15) is 0 Å².